The molecule has 0 aromatic rings. The van der Waals surface area contributed by atoms with E-state index in [-0.39, 0.29) is 44.5 Å². The van der Waals surface area contributed by atoms with Crippen LogP contribution in [0.5, 0.6) is 0 Å². The van der Waals surface area contributed by atoms with Crippen LogP contribution in [0.2, 0.25) is 0 Å². The Hall–Kier alpha value is 0.0549. The van der Waals surface area contributed by atoms with E-state index >= 15 is 0 Å². The maximum Gasteiger partial charge on any atom is 0.472 e. The average Bonchev–Trinajstić information content (AvgIpc) is 2.67. The molecule has 7 nitrogen and oxygen atoms in total. The molecule has 0 amide bonds. The molecule has 0 aromatic carbocycles. The van der Waals surface area contributed by atoms with Gasteiger partial charge in [0.1, 0.15) is 14.0 Å². The van der Waals surface area contributed by atoms with Gasteiger partial charge in [0, 0.05) is 19.7 Å². The molecule has 106 valence electrons. The van der Waals surface area contributed by atoms with Gasteiger partial charge in [-0.2, -0.15) is 0 Å². The Balaban J connectivity index is 2.32. The Labute approximate surface area is 107 Å². The number of aliphatic hydroxyl groups excluding tert-OH is 1. The number of hydrogen-bond acceptors (Lipinski definition) is 6. The molecule has 0 spiro atoms. The van der Waals surface area contributed by atoms with Crippen LogP contribution in [0.3, 0.4) is 0 Å². The lowest BCUT2D eigenvalue weighted by atomic mass is 9.96. The van der Waals surface area contributed by atoms with Crippen LogP contribution in [0.4, 0.5) is 0 Å². The summed E-state index contributed by atoms with van der Waals surface area (Å²) in [6, 6.07) is 0.0388. The van der Waals surface area contributed by atoms with E-state index in [9.17, 15) is 9.46 Å². The van der Waals surface area contributed by atoms with E-state index in [1.165, 1.54) is 0 Å². The molecule has 4 unspecified atom stereocenters. The lowest BCUT2D eigenvalue weighted by molar-refractivity contribution is -0.0223. The molecule has 1 saturated heterocycles. The van der Waals surface area contributed by atoms with Crippen molar-refractivity contribution in [3.63, 3.8) is 0 Å². The zero-order valence-electron chi connectivity index (χ0n) is 10.7. The quantitative estimate of drug-likeness (QED) is 0.344. The summed E-state index contributed by atoms with van der Waals surface area (Å²) in [5.74, 6) is 0. The molecule has 0 radical (unpaired) electrons. The highest BCUT2D eigenvalue weighted by Crippen LogP contribution is 2.43. The zero-order valence-corrected chi connectivity index (χ0v) is 11.5. The summed E-state index contributed by atoms with van der Waals surface area (Å²) in [6.07, 6.45) is 0.501. The molecule has 1 heterocycles. The molecule has 4 atom stereocenters. The van der Waals surface area contributed by atoms with E-state index in [1.807, 2.05) is 7.85 Å². The van der Waals surface area contributed by atoms with Gasteiger partial charge in [-0.05, 0) is 12.8 Å². The van der Waals surface area contributed by atoms with Crippen molar-refractivity contribution in [2.75, 3.05) is 26.9 Å². The molecule has 18 heavy (non-hydrogen) atoms. The highest BCUT2D eigenvalue weighted by molar-refractivity contribution is 7.47. The number of phosphoric ester groups is 1. The zero-order chi connectivity index (χ0) is 13.6. The number of ether oxygens (including phenoxy) is 2. The van der Waals surface area contributed by atoms with Crippen molar-refractivity contribution in [2.45, 2.75) is 31.1 Å². The van der Waals surface area contributed by atoms with Gasteiger partial charge in [0.15, 0.2) is 0 Å². The maximum atomic E-state index is 11.5. The predicted octanol–water partition coefficient (Wildman–Crippen LogP) is -0.735. The first-order valence-corrected chi connectivity index (χ1v) is 7.39. The summed E-state index contributed by atoms with van der Waals surface area (Å²) in [7, 11) is -0.608. The second-order valence-corrected chi connectivity index (χ2v) is 5.62. The van der Waals surface area contributed by atoms with Crippen LogP contribution in [0.25, 0.3) is 0 Å². The topological polar surface area (TPSA) is 94.5 Å². The first kappa shape index (κ1) is 16.1. The van der Waals surface area contributed by atoms with E-state index in [1.54, 1.807) is 7.11 Å². The molecule has 0 bridgehead atoms. The van der Waals surface area contributed by atoms with Crippen LogP contribution in [-0.4, -0.2) is 63.0 Å². The standard InChI is InChI=1S/C9H20BO7P/c1-14-7-5-9(10)17-8(7)6-16-18(12,13)15-4-2-3-11/h7-9,11H,2-6,10H2,1H3,(H,12,13). The summed E-state index contributed by atoms with van der Waals surface area (Å²) in [5.41, 5.74) is 0. The van der Waals surface area contributed by atoms with Crippen LogP contribution in [0.15, 0.2) is 0 Å². The molecule has 0 saturated carbocycles. The summed E-state index contributed by atoms with van der Waals surface area (Å²) in [5, 5.41) is 8.53. The minimum absolute atomic E-state index is 0.0279. The molecule has 2 N–H and O–H groups in total. The summed E-state index contributed by atoms with van der Waals surface area (Å²) in [4.78, 5) is 9.36. The van der Waals surface area contributed by atoms with Gasteiger partial charge < -0.3 is 19.5 Å². The molecule has 0 aromatic heterocycles. The highest BCUT2D eigenvalue weighted by atomic mass is 31.2. The van der Waals surface area contributed by atoms with Crippen molar-refractivity contribution in [3.05, 3.63) is 0 Å². The molecule has 1 aliphatic heterocycles. The predicted molar refractivity (Wildman–Crippen MR) is 66.1 cm³/mol. The van der Waals surface area contributed by atoms with Crippen molar-refractivity contribution in [1.29, 1.82) is 0 Å². The van der Waals surface area contributed by atoms with Gasteiger partial charge in [0.05, 0.1) is 19.3 Å². The monoisotopic (exact) mass is 282 g/mol. The third-order valence-corrected chi connectivity index (χ3v) is 3.63. The fraction of sp³-hybridized carbons (Fsp3) is 1.00. The van der Waals surface area contributed by atoms with Crippen molar-refractivity contribution in [3.8, 4) is 0 Å². The van der Waals surface area contributed by atoms with Crippen LogP contribution in [0.1, 0.15) is 12.8 Å². The van der Waals surface area contributed by atoms with Gasteiger partial charge in [-0.15, -0.1) is 0 Å². The average molecular weight is 282 g/mol. The number of phosphoric acid groups is 1. The van der Waals surface area contributed by atoms with Gasteiger partial charge in [0.2, 0.25) is 0 Å². The van der Waals surface area contributed by atoms with E-state index in [2.05, 4.69) is 4.52 Å². The lowest BCUT2D eigenvalue weighted by Gasteiger charge is -2.19. The van der Waals surface area contributed by atoms with E-state index in [4.69, 9.17) is 19.1 Å². The molecular formula is C9H20BO7P. The number of aliphatic hydroxyl groups is 1. The maximum absolute atomic E-state index is 11.5. The van der Waals surface area contributed by atoms with Crippen molar-refractivity contribution >= 4 is 15.7 Å². The van der Waals surface area contributed by atoms with Gasteiger partial charge in [-0.25, -0.2) is 4.57 Å². The Morgan fingerprint density at radius 3 is 2.83 bits per heavy atom. The third kappa shape index (κ3) is 5.36. The summed E-state index contributed by atoms with van der Waals surface area (Å²) >= 11 is 0. The largest absolute Gasteiger partial charge is 0.472 e. The number of methoxy groups -OCH3 is 1. The van der Waals surface area contributed by atoms with Gasteiger partial charge >= 0.3 is 7.82 Å². The molecule has 9 heteroatoms. The Kier molecular flexibility index (Phi) is 6.80. The van der Waals surface area contributed by atoms with Crippen molar-refractivity contribution in [1.82, 2.24) is 0 Å². The fourth-order valence-corrected chi connectivity index (χ4v) is 2.53. The van der Waals surface area contributed by atoms with Crippen LogP contribution in [0, 0.1) is 0 Å². The second-order valence-electron chi connectivity index (χ2n) is 4.17. The molecular weight excluding hydrogens is 262 g/mol. The number of hydrogen-bond donors (Lipinski definition) is 2. The highest BCUT2D eigenvalue weighted by Gasteiger charge is 2.35. The third-order valence-electron chi connectivity index (χ3n) is 2.65. The van der Waals surface area contributed by atoms with Crippen molar-refractivity contribution in [2.24, 2.45) is 0 Å². The van der Waals surface area contributed by atoms with Crippen molar-refractivity contribution < 1.29 is 33.1 Å². The normalized spacial score (nSPS) is 31.4. The van der Waals surface area contributed by atoms with Gasteiger partial charge in [-0.1, -0.05) is 0 Å². The number of rotatable bonds is 8. The summed E-state index contributed by atoms with van der Waals surface area (Å²) in [6.45, 7) is -0.190. The second kappa shape index (κ2) is 7.60. The molecule has 0 aliphatic carbocycles. The molecule has 1 fully saturated rings. The molecule has 1 rings (SSSR count). The molecule has 1 aliphatic rings. The van der Waals surface area contributed by atoms with Crippen LogP contribution < -0.4 is 0 Å². The SMILES string of the molecule is BC1CC(OC)C(COP(=O)(O)OCCCO)O1. The Bertz CT molecular complexity index is 290. The van der Waals surface area contributed by atoms with E-state index in [0.717, 1.165) is 6.42 Å². The summed E-state index contributed by atoms with van der Waals surface area (Å²) < 4.78 is 31.7. The lowest BCUT2D eigenvalue weighted by Crippen LogP contribution is -2.28. The van der Waals surface area contributed by atoms with Gasteiger partial charge in [-0.3, -0.25) is 9.05 Å². The Morgan fingerprint density at radius 2 is 2.22 bits per heavy atom. The van der Waals surface area contributed by atoms with Gasteiger partial charge in [0.25, 0.3) is 0 Å². The minimum atomic E-state index is -4.08. The van der Waals surface area contributed by atoms with E-state index < -0.39 is 7.82 Å². The van der Waals surface area contributed by atoms with E-state index in [0.29, 0.717) is 0 Å². The van der Waals surface area contributed by atoms with Crippen LogP contribution in [-0.2, 0) is 23.1 Å². The Morgan fingerprint density at radius 1 is 1.50 bits per heavy atom. The smallest absolute Gasteiger partial charge is 0.396 e. The fourth-order valence-electron chi connectivity index (χ4n) is 1.76. The first-order chi connectivity index (χ1) is 8.48. The van der Waals surface area contributed by atoms with Crippen LogP contribution >= 0.6 is 7.82 Å². The first-order valence-electron chi connectivity index (χ1n) is 5.89. The minimum Gasteiger partial charge on any atom is -0.396 e.